The van der Waals surface area contributed by atoms with E-state index in [0.29, 0.717) is 6.42 Å². The summed E-state index contributed by atoms with van der Waals surface area (Å²) in [7, 11) is 0. The second-order valence-corrected chi connectivity index (χ2v) is 3.20. The third-order valence-electron chi connectivity index (χ3n) is 2.06. The largest absolute Gasteiger partial charge is 0.472 e. The van der Waals surface area contributed by atoms with Crippen LogP contribution in [0.4, 0.5) is 0 Å². The quantitative estimate of drug-likeness (QED) is 0.684. The normalized spacial score (nSPS) is 9.00. The Morgan fingerprint density at radius 2 is 2.07 bits per heavy atom. The van der Waals surface area contributed by atoms with Crippen molar-refractivity contribution in [2.45, 2.75) is 20.3 Å². The van der Waals surface area contributed by atoms with E-state index in [1.54, 1.807) is 0 Å². The summed E-state index contributed by atoms with van der Waals surface area (Å²) in [5.41, 5.74) is 3.50. The first-order valence-electron chi connectivity index (χ1n) is 4.37. The van der Waals surface area contributed by atoms with E-state index in [-0.39, 0.29) is 0 Å². The minimum atomic E-state index is -1.08. The van der Waals surface area contributed by atoms with Gasteiger partial charge in [-0.2, -0.15) is 0 Å². The Hall–Kier alpha value is -1.75. The van der Waals surface area contributed by atoms with Crippen molar-refractivity contribution >= 4 is 5.97 Å². The van der Waals surface area contributed by atoms with Crippen LogP contribution >= 0.6 is 0 Å². The number of hydrogen-bond acceptors (Lipinski definition) is 1. The van der Waals surface area contributed by atoms with Crippen molar-refractivity contribution in [3.8, 4) is 11.8 Å². The van der Waals surface area contributed by atoms with Crippen LogP contribution in [0.5, 0.6) is 0 Å². The number of carboxylic acid groups (broad SMARTS) is 1. The van der Waals surface area contributed by atoms with E-state index in [9.17, 15) is 4.79 Å². The summed E-state index contributed by atoms with van der Waals surface area (Å²) in [5.74, 6) is 3.62. The van der Waals surface area contributed by atoms with E-state index in [2.05, 4.69) is 11.8 Å². The summed E-state index contributed by atoms with van der Waals surface area (Å²) in [4.78, 5) is 10.1. The smallest absolute Gasteiger partial charge is 0.381 e. The van der Waals surface area contributed by atoms with Crippen molar-refractivity contribution < 1.29 is 9.90 Å². The highest BCUT2D eigenvalue weighted by atomic mass is 16.4. The average Bonchev–Trinajstić information content (AvgIpc) is 2.10. The topological polar surface area (TPSA) is 37.3 Å². The zero-order valence-corrected chi connectivity index (χ0v) is 8.29. The van der Waals surface area contributed by atoms with Crippen LogP contribution in [-0.4, -0.2) is 11.1 Å². The fourth-order valence-electron chi connectivity index (χ4n) is 1.14. The van der Waals surface area contributed by atoms with E-state index < -0.39 is 5.97 Å². The van der Waals surface area contributed by atoms with Gasteiger partial charge in [0.05, 0.1) is 0 Å². The fourth-order valence-corrected chi connectivity index (χ4v) is 1.14. The standard InChI is InChI=1S/C12H12O2/c1-9-6-7-11(8-10(9)2)4-3-5-12(13)14/h6-8H,4H2,1-2H3,(H,13,14). The summed E-state index contributed by atoms with van der Waals surface area (Å²) >= 11 is 0. The van der Waals surface area contributed by atoms with Gasteiger partial charge in [0.25, 0.3) is 0 Å². The molecule has 0 aliphatic heterocycles. The number of aryl methyl sites for hydroxylation is 2. The van der Waals surface area contributed by atoms with Gasteiger partial charge in [-0.15, -0.1) is 0 Å². The SMILES string of the molecule is Cc1ccc(CC#CC(=O)O)cc1C. The lowest BCUT2D eigenvalue weighted by Crippen LogP contribution is -1.89. The number of carbonyl (C=O) groups is 1. The van der Waals surface area contributed by atoms with Gasteiger partial charge in [-0.05, 0) is 30.5 Å². The molecule has 0 saturated heterocycles. The zero-order chi connectivity index (χ0) is 10.6. The minimum absolute atomic E-state index is 0.493. The molecule has 72 valence electrons. The number of carboxylic acids is 1. The van der Waals surface area contributed by atoms with Crippen molar-refractivity contribution in [2.24, 2.45) is 0 Å². The van der Waals surface area contributed by atoms with Crippen molar-refractivity contribution in [3.63, 3.8) is 0 Å². The van der Waals surface area contributed by atoms with Gasteiger partial charge in [-0.25, -0.2) is 4.79 Å². The molecule has 0 aliphatic rings. The first-order valence-corrected chi connectivity index (χ1v) is 4.37. The second-order valence-electron chi connectivity index (χ2n) is 3.20. The number of rotatable bonds is 1. The maximum atomic E-state index is 10.1. The molecule has 0 unspecified atom stereocenters. The fraction of sp³-hybridized carbons (Fsp3) is 0.250. The lowest BCUT2D eigenvalue weighted by Gasteiger charge is -2.01. The van der Waals surface area contributed by atoms with E-state index in [4.69, 9.17) is 5.11 Å². The molecule has 0 aromatic heterocycles. The van der Waals surface area contributed by atoms with E-state index in [0.717, 1.165) is 5.56 Å². The first-order chi connectivity index (χ1) is 6.59. The molecule has 1 aromatic carbocycles. The summed E-state index contributed by atoms with van der Waals surface area (Å²) in [6.07, 6.45) is 0.493. The van der Waals surface area contributed by atoms with E-state index in [1.807, 2.05) is 32.0 Å². The molecular weight excluding hydrogens is 176 g/mol. The van der Waals surface area contributed by atoms with Gasteiger partial charge in [0, 0.05) is 12.3 Å². The Bertz CT molecular complexity index is 408. The molecular formula is C12H12O2. The Balaban J connectivity index is 2.75. The van der Waals surface area contributed by atoms with Crippen molar-refractivity contribution in [2.75, 3.05) is 0 Å². The van der Waals surface area contributed by atoms with Gasteiger partial charge in [0.15, 0.2) is 0 Å². The van der Waals surface area contributed by atoms with Gasteiger partial charge >= 0.3 is 5.97 Å². The van der Waals surface area contributed by atoms with Gasteiger partial charge in [0.2, 0.25) is 0 Å². The molecule has 0 fully saturated rings. The van der Waals surface area contributed by atoms with Crippen LogP contribution in [0, 0.1) is 25.7 Å². The summed E-state index contributed by atoms with van der Waals surface area (Å²) in [6, 6.07) is 6.03. The second kappa shape index (κ2) is 4.48. The maximum absolute atomic E-state index is 10.1. The van der Waals surface area contributed by atoms with Crippen LogP contribution in [0.3, 0.4) is 0 Å². The van der Waals surface area contributed by atoms with Crippen molar-refractivity contribution in [1.82, 2.24) is 0 Å². The average molecular weight is 188 g/mol. The predicted molar refractivity (Wildman–Crippen MR) is 55.0 cm³/mol. The molecule has 1 rings (SSSR count). The molecule has 0 bridgehead atoms. The van der Waals surface area contributed by atoms with Gasteiger partial charge in [-0.1, -0.05) is 24.1 Å². The molecule has 0 amide bonds. The Labute approximate surface area is 83.6 Å². The maximum Gasteiger partial charge on any atom is 0.381 e. The van der Waals surface area contributed by atoms with Crippen LogP contribution in [0.25, 0.3) is 0 Å². The molecule has 14 heavy (non-hydrogen) atoms. The van der Waals surface area contributed by atoms with E-state index >= 15 is 0 Å². The van der Waals surface area contributed by atoms with Gasteiger partial charge in [-0.3, -0.25) is 0 Å². The van der Waals surface area contributed by atoms with Crippen LogP contribution in [-0.2, 0) is 11.2 Å². The molecule has 0 saturated carbocycles. The molecule has 0 spiro atoms. The molecule has 0 aliphatic carbocycles. The van der Waals surface area contributed by atoms with Crippen LogP contribution < -0.4 is 0 Å². The predicted octanol–water partition coefficient (Wildman–Crippen LogP) is 1.93. The Morgan fingerprint density at radius 1 is 1.36 bits per heavy atom. The number of hydrogen-bond donors (Lipinski definition) is 1. The van der Waals surface area contributed by atoms with Gasteiger partial charge in [0.1, 0.15) is 0 Å². The highest BCUT2D eigenvalue weighted by molar-refractivity contribution is 5.86. The van der Waals surface area contributed by atoms with Crippen molar-refractivity contribution in [1.29, 1.82) is 0 Å². The summed E-state index contributed by atoms with van der Waals surface area (Å²) < 4.78 is 0. The molecule has 2 nitrogen and oxygen atoms in total. The molecule has 0 atom stereocenters. The van der Waals surface area contributed by atoms with Crippen LogP contribution in [0.2, 0.25) is 0 Å². The monoisotopic (exact) mass is 188 g/mol. The zero-order valence-electron chi connectivity index (χ0n) is 8.29. The highest BCUT2D eigenvalue weighted by Crippen LogP contribution is 2.09. The third-order valence-corrected chi connectivity index (χ3v) is 2.06. The van der Waals surface area contributed by atoms with Crippen LogP contribution in [0.1, 0.15) is 16.7 Å². The molecule has 2 heteroatoms. The molecule has 0 radical (unpaired) electrons. The van der Waals surface area contributed by atoms with Crippen LogP contribution in [0.15, 0.2) is 18.2 Å². The summed E-state index contributed by atoms with van der Waals surface area (Å²) in [5, 5.41) is 8.32. The third kappa shape index (κ3) is 2.95. The number of benzene rings is 1. The highest BCUT2D eigenvalue weighted by Gasteiger charge is 1.94. The van der Waals surface area contributed by atoms with Gasteiger partial charge < -0.3 is 5.11 Å². The molecule has 1 N–H and O–H groups in total. The number of aliphatic carboxylic acids is 1. The summed E-state index contributed by atoms with van der Waals surface area (Å²) in [6.45, 7) is 4.07. The lowest BCUT2D eigenvalue weighted by atomic mass is 10.0. The lowest BCUT2D eigenvalue weighted by molar-refractivity contribution is -0.130. The Kier molecular flexibility index (Phi) is 3.30. The molecule has 0 heterocycles. The minimum Gasteiger partial charge on any atom is -0.472 e. The van der Waals surface area contributed by atoms with E-state index in [1.165, 1.54) is 11.1 Å². The first kappa shape index (κ1) is 10.3. The van der Waals surface area contributed by atoms with Crippen molar-refractivity contribution in [3.05, 3.63) is 34.9 Å². The molecule has 1 aromatic rings. The Morgan fingerprint density at radius 3 is 2.64 bits per heavy atom.